The molecule has 0 aliphatic heterocycles. The van der Waals surface area contributed by atoms with E-state index in [1.807, 2.05) is 20.8 Å². The fraction of sp³-hybridized carbons (Fsp3) is 0.462. The highest BCUT2D eigenvalue weighted by molar-refractivity contribution is 7.99. The maximum atomic E-state index is 11.5. The van der Waals surface area contributed by atoms with Gasteiger partial charge >= 0.3 is 5.97 Å². The molecule has 0 spiro atoms. The first-order valence-electron chi connectivity index (χ1n) is 5.61. The Morgan fingerprint density at radius 2 is 2.28 bits per heavy atom. The highest BCUT2D eigenvalue weighted by atomic mass is 32.2. The summed E-state index contributed by atoms with van der Waals surface area (Å²) in [4.78, 5) is 15.6. The van der Waals surface area contributed by atoms with Crippen molar-refractivity contribution in [2.75, 3.05) is 5.75 Å². The van der Waals surface area contributed by atoms with Crippen molar-refractivity contribution in [1.29, 1.82) is 5.26 Å². The number of nitrogens with zero attached hydrogens (tertiary/aromatic N) is 2. The number of pyridine rings is 1. The second kappa shape index (κ2) is 6.41. The van der Waals surface area contributed by atoms with E-state index in [-0.39, 0.29) is 5.97 Å². The van der Waals surface area contributed by atoms with Crippen molar-refractivity contribution in [2.24, 2.45) is 0 Å². The standard InChI is InChI=1S/C13H16N2O2S/c1-13(2,3)17-12(16)5-7-18-11-8-10(9-14)4-6-15-11/h4,6,8H,5,7H2,1-3H3. The molecule has 1 aromatic rings. The van der Waals surface area contributed by atoms with Crippen LogP contribution >= 0.6 is 11.8 Å². The quantitative estimate of drug-likeness (QED) is 0.618. The Balaban J connectivity index is 2.38. The fourth-order valence-corrected chi connectivity index (χ4v) is 2.01. The van der Waals surface area contributed by atoms with Crippen LogP contribution in [0.3, 0.4) is 0 Å². The molecule has 0 N–H and O–H groups in total. The van der Waals surface area contributed by atoms with Crippen LogP contribution in [0.1, 0.15) is 32.8 Å². The molecule has 0 saturated heterocycles. The Bertz CT molecular complexity index is 461. The molecule has 5 heteroatoms. The molecule has 4 nitrogen and oxygen atoms in total. The summed E-state index contributed by atoms with van der Waals surface area (Å²) in [5.41, 5.74) is 0.130. The molecule has 0 radical (unpaired) electrons. The SMILES string of the molecule is CC(C)(C)OC(=O)CCSc1cc(C#N)ccn1. The minimum Gasteiger partial charge on any atom is -0.460 e. The largest absolute Gasteiger partial charge is 0.460 e. The van der Waals surface area contributed by atoms with Gasteiger partial charge in [-0.05, 0) is 32.9 Å². The van der Waals surface area contributed by atoms with Crippen molar-refractivity contribution in [3.05, 3.63) is 23.9 Å². The van der Waals surface area contributed by atoms with E-state index in [1.54, 1.807) is 18.3 Å². The van der Waals surface area contributed by atoms with E-state index in [2.05, 4.69) is 11.1 Å². The average molecular weight is 264 g/mol. The van der Waals surface area contributed by atoms with Crippen LogP contribution in [0.2, 0.25) is 0 Å². The summed E-state index contributed by atoms with van der Waals surface area (Å²) in [5, 5.41) is 9.49. The smallest absolute Gasteiger partial charge is 0.307 e. The van der Waals surface area contributed by atoms with Crippen molar-refractivity contribution in [3.8, 4) is 6.07 Å². The highest BCUT2D eigenvalue weighted by Crippen LogP contribution is 2.18. The molecule has 18 heavy (non-hydrogen) atoms. The third-order valence-electron chi connectivity index (χ3n) is 1.84. The van der Waals surface area contributed by atoms with Gasteiger partial charge < -0.3 is 4.74 Å². The normalized spacial score (nSPS) is 10.8. The molecular weight excluding hydrogens is 248 g/mol. The van der Waals surface area contributed by atoms with Crippen LogP contribution in [0, 0.1) is 11.3 Å². The van der Waals surface area contributed by atoms with E-state index in [0.717, 1.165) is 5.03 Å². The number of hydrogen-bond acceptors (Lipinski definition) is 5. The summed E-state index contributed by atoms with van der Waals surface area (Å²) < 4.78 is 5.20. The average Bonchev–Trinajstić information content (AvgIpc) is 2.27. The first kappa shape index (κ1) is 14.5. The molecule has 0 aromatic carbocycles. The van der Waals surface area contributed by atoms with Crippen molar-refractivity contribution in [2.45, 2.75) is 37.8 Å². The number of rotatable bonds is 4. The van der Waals surface area contributed by atoms with Crippen molar-refractivity contribution >= 4 is 17.7 Å². The number of carbonyl (C=O) groups is 1. The minimum atomic E-state index is -0.444. The minimum absolute atomic E-state index is 0.216. The first-order chi connectivity index (χ1) is 8.40. The van der Waals surface area contributed by atoms with Gasteiger partial charge in [0, 0.05) is 11.9 Å². The Labute approximate surface area is 111 Å². The monoisotopic (exact) mass is 264 g/mol. The van der Waals surface area contributed by atoms with Crippen LogP contribution in [-0.4, -0.2) is 22.3 Å². The summed E-state index contributed by atoms with van der Waals surface area (Å²) in [5.74, 6) is 0.378. The molecule has 0 fully saturated rings. The van der Waals surface area contributed by atoms with E-state index in [0.29, 0.717) is 17.7 Å². The van der Waals surface area contributed by atoms with Gasteiger partial charge in [-0.15, -0.1) is 11.8 Å². The Kier molecular flexibility index (Phi) is 5.17. The predicted octanol–water partition coefficient (Wildman–Crippen LogP) is 2.78. The predicted molar refractivity (Wildman–Crippen MR) is 70.1 cm³/mol. The zero-order chi connectivity index (χ0) is 13.6. The van der Waals surface area contributed by atoms with Gasteiger partial charge in [-0.25, -0.2) is 4.98 Å². The van der Waals surface area contributed by atoms with Gasteiger partial charge in [0.2, 0.25) is 0 Å². The molecule has 0 unspecified atom stereocenters. The van der Waals surface area contributed by atoms with Crippen LogP contribution in [0.5, 0.6) is 0 Å². The molecule has 96 valence electrons. The lowest BCUT2D eigenvalue weighted by Gasteiger charge is -2.19. The van der Waals surface area contributed by atoms with E-state index < -0.39 is 5.60 Å². The second-order valence-corrected chi connectivity index (χ2v) is 5.79. The molecule has 0 atom stereocenters. The molecule has 0 bridgehead atoms. The zero-order valence-corrected chi connectivity index (χ0v) is 11.6. The van der Waals surface area contributed by atoms with Crippen LogP contribution < -0.4 is 0 Å². The summed E-state index contributed by atoms with van der Waals surface area (Å²) in [6.07, 6.45) is 1.93. The number of ether oxygens (including phenoxy) is 1. The van der Waals surface area contributed by atoms with Gasteiger partial charge in [0.25, 0.3) is 0 Å². The lowest BCUT2D eigenvalue weighted by atomic mass is 10.2. The lowest BCUT2D eigenvalue weighted by Crippen LogP contribution is -2.24. The van der Waals surface area contributed by atoms with Gasteiger partial charge in [-0.3, -0.25) is 4.79 Å². The Morgan fingerprint density at radius 1 is 1.56 bits per heavy atom. The fourth-order valence-electron chi connectivity index (χ4n) is 1.19. The number of hydrogen-bond donors (Lipinski definition) is 0. The van der Waals surface area contributed by atoms with Gasteiger partial charge in [0.05, 0.1) is 23.1 Å². The summed E-state index contributed by atoms with van der Waals surface area (Å²) in [6, 6.07) is 5.41. The number of esters is 1. The van der Waals surface area contributed by atoms with E-state index >= 15 is 0 Å². The summed E-state index contributed by atoms with van der Waals surface area (Å²) >= 11 is 1.44. The number of thioether (sulfide) groups is 1. The maximum absolute atomic E-state index is 11.5. The van der Waals surface area contributed by atoms with Crippen molar-refractivity contribution in [1.82, 2.24) is 4.98 Å². The van der Waals surface area contributed by atoms with Crippen LogP contribution in [0.15, 0.2) is 23.4 Å². The van der Waals surface area contributed by atoms with E-state index in [4.69, 9.17) is 10.00 Å². The zero-order valence-electron chi connectivity index (χ0n) is 10.8. The van der Waals surface area contributed by atoms with Crippen molar-refractivity contribution in [3.63, 3.8) is 0 Å². The summed E-state index contributed by atoms with van der Waals surface area (Å²) in [6.45, 7) is 5.53. The molecule has 0 aliphatic rings. The highest BCUT2D eigenvalue weighted by Gasteiger charge is 2.15. The van der Waals surface area contributed by atoms with Crippen LogP contribution in [0.4, 0.5) is 0 Å². The molecule has 1 heterocycles. The topological polar surface area (TPSA) is 63.0 Å². The van der Waals surface area contributed by atoms with Gasteiger partial charge in [-0.1, -0.05) is 0 Å². The number of aromatic nitrogens is 1. The molecule has 0 aliphatic carbocycles. The van der Waals surface area contributed by atoms with E-state index in [9.17, 15) is 4.79 Å². The molecular formula is C13H16N2O2S. The number of carbonyl (C=O) groups excluding carboxylic acids is 1. The van der Waals surface area contributed by atoms with Gasteiger partial charge in [-0.2, -0.15) is 5.26 Å². The number of nitriles is 1. The molecule has 1 rings (SSSR count). The summed E-state index contributed by atoms with van der Waals surface area (Å²) in [7, 11) is 0. The third-order valence-corrected chi connectivity index (χ3v) is 2.77. The Morgan fingerprint density at radius 3 is 2.89 bits per heavy atom. The van der Waals surface area contributed by atoms with Crippen LogP contribution in [-0.2, 0) is 9.53 Å². The first-order valence-corrected chi connectivity index (χ1v) is 6.60. The third kappa shape index (κ3) is 5.69. The van der Waals surface area contributed by atoms with Crippen LogP contribution in [0.25, 0.3) is 0 Å². The van der Waals surface area contributed by atoms with Gasteiger partial charge in [0.15, 0.2) is 0 Å². The maximum Gasteiger partial charge on any atom is 0.307 e. The molecule has 0 amide bonds. The van der Waals surface area contributed by atoms with E-state index in [1.165, 1.54) is 11.8 Å². The lowest BCUT2D eigenvalue weighted by molar-refractivity contribution is -0.154. The second-order valence-electron chi connectivity index (χ2n) is 4.68. The molecule has 1 aromatic heterocycles. The van der Waals surface area contributed by atoms with Crippen molar-refractivity contribution < 1.29 is 9.53 Å². The molecule has 0 saturated carbocycles. The Hall–Kier alpha value is -1.54. The van der Waals surface area contributed by atoms with Gasteiger partial charge in [0.1, 0.15) is 5.60 Å².